The van der Waals surface area contributed by atoms with Crippen LogP contribution in [0.3, 0.4) is 0 Å². The van der Waals surface area contributed by atoms with Crippen molar-refractivity contribution in [2.45, 2.75) is 27.3 Å². The summed E-state index contributed by atoms with van der Waals surface area (Å²) in [5.74, 6) is 0. The first-order valence-electron chi connectivity index (χ1n) is 10.3. The van der Waals surface area contributed by atoms with Gasteiger partial charge >= 0.3 is 6.18 Å². The van der Waals surface area contributed by atoms with Crippen molar-refractivity contribution in [3.8, 4) is 0 Å². The molecular formula is C21H26F3N3O4S2. The largest absolute Gasteiger partial charge is 0.417 e. The number of likely N-dealkylation sites (N-methyl/N-ethyl adjacent to an activating group) is 1. The van der Waals surface area contributed by atoms with Crippen LogP contribution in [0, 0.1) is 0 Å². The number of hydrogen-bond acceptors (Lipinski definition) is 6. The van der Waals surface area contributed by atoms with Crippen LogP contribution in [0.2, 0.25) is 0 Å². The molecule has 12 heteroatoms. The lowest BCUT2D eigenvalue weighted by Crippen LogP contribution is -2.45. The first kappa shape index (κ1) is 25.6. The number of hydrogen-bond donors (Lipinski definition) is 1. The Morgan fingerprint density at radius 2 is 1.55 bits per heavy atom. The van der Waals surface area contributed by atoms with Crippen LogP contribution < -0.4 is 4.72 Å². The van der Waals surface area contributed by atoms with E-state index >= 15 is 0 Å². The Labute approximate surface area is 192 Å². The molecule has 0 amide bonds. The summed E-state index contributed by atoms with van der Waals surface area (Å²) in [5, 5.41) is 0. The summed E-state index contributed by atoms with van der Waals surface area (Å²) in [6.07, 6.45) is -4.56. The molecule has 0 bridgehead atoms. The van der Waals surface area contributed by atoms with Crippen molar-refractivity contribution < 1.29 is 30.0 Å². The molecule has 2 aromatic rings. The van der Waals surface area contributed by atoms with E-state index in [0.717, 1.165) is 32.2 Å². The molecule has 0 aliphatic carbocycles. The van der Waals surface area contributed by atoms with E-state index in [1.807, 2.05) is 7.05 Å². The summed E-state index contributed by atoms with van der Waals surface area (Å²) in [6.45, 7) is 3.99. The highest BCUT2D eigenvalue weighted by atomic mass is 32.2. The zero-order chi connectivity index (χ0) is 24.3. The monoisotopic (exact) mass is 505 g/mol. The van der Waals surface area contributed by atoms with Gasteiger partial charge in [0.15, 0.2) is 0 Å². The van der Waals surface area contributed by atoms with E-state index in [-0.39, 0.29) is 11.4 Å². The lowest BCUT2D eigenvalue weighted by molar-refractivity contribution is -0.139. The molecule has 0 atom stereocenters. The Morgan fingerprint density at radius 3 is 2.15 bits per heavy atom. The van der Waals surface area contributed by atoms with Gasteiger partial charge in [-0.25, -0.2) is 21.6 Å². The van der Waals surface area contributed by atoms with Crippen LogP contribution >= 0.6 is 0 Å². The minimum Gasteiger partial charge on any atom is -0.304 e. The van der Waals surface area contributed by atoms with E-state index in [1.54, 1.807) is 6.07 Å². The molecule has 1 N–H and O–H groups in total. The number of benzene rings is 2. The third kappa shape index (κ3) is 6.33. The topological polar surface area (TPSA) is 86.8 Å². The second kappa shape index (κ2) is 10.1. The predicted molar refractivity (Wildman–Crippen MR) is 117 cm³/mol. The lowest BCUT2D eigenvalue weighted by Gasteiger charge is -2.32. The Balaban J connectivity index is 1.82. The van der Waals surface area contributed by atoms with Crippen molar-refractivity contribution in [1.29, 1.82) is 0 Å². The Bertz CT molecular complexity index is 1160. The van der Waals surface area contributed by atoms with E-state index in [9.17, 15) is 30.0 Å². The minimum atomic E-state index is -4.97. The molecule has 1 saturated heterocycles. The summed E-state index contributed by atoms with van der Waals surface area (Å²) in [7, 11) is -6.80. The van der Waals surface area contributed by atoms with Crippen LogP contribution in [-0.4, -0.2) is 73.0 Å². The van der Waals surface area contributed by atoms with Gasteiger partial charge in [-0.1, -0.05) is 18.2 Å². The summed E-state index contributed by atoms with van der Waals surface area (Å²) in [5.41, 5.74) is -1.42. The number of nitrogens with one attached hydrogen (secondary N) is 1. The van der Waals surface area contributed by atoms with Crippen LogP contribution in [0.4, 0.5) is 13.2 Å². The van der Waals surface area contributed by atoms with Gasteiger partial charge in [-0.05, 0) is 50.3 Å². The van der Waals surface area contributed by atoms with Gasteiger partial charge in [0.2, 0.25) is 19.9 Å². The maximum Gasteiger partial charge on any atom is 0.417 e. The van der Waals surface area contributed by atoms with Crippen LogP contribution in [-0.2, 0) is 26.0 Å². The summed E-state index contributed by atoms with van der Waals surface area (Å²) < 4.78 is 94.0. The van der Waals surface area contributed by atoms with Gasteiger partial charge in [0.05, 0.1) is 20.2 Å². The molecular weight excluding hydrogens is 479 g/mol. The smallest absolute Gasteiger partial charge is 0.304 e. The number of alkyl halides is 3. The van der Waals surface area contributed by atoms with Crippen LogP contribution in [0.1, 0.15) is 12.0 Å². The molecule has 0 spiro atoms. The highest BCUT2D eigenvalue weighted by Gasteiger charge is 2.38. The van der Waals surface area contributed by atoms with Gasteiger partial charge in [0, 0.05) is 32.7 Å². The van der Waals surface area contributed by atoms with Gasteiger partial charge in [0.1, 0.15) is 0 Å². The Morgan fingerprint density at radius 1 is 0.909 bits per heavy atom. The predicted octanol–water partition coefficient (Wildman–Crippen LogP) is 2.45. The number of rotatable bonds is 8. The zero-order valence-corrected chi connectivity index (χ0v) is 19.7. The van der Waals surface area contributed by atoms with Crippen molar-refractivity contribution in [3.05, 3.63) is 54.1 Å². The molecule has 1 fully saturated rings. The minimum absolute atomic E-state index is 0.0678. The maximum atomic E-state index is 13.5. The number of nitrogens with zero attached hydrogens (tertiary/aromatic N) is 2. The SMILES string of the molecule is CN1CCN(CCCNS(=O)(=O)c2cc(S(=O)(=O)c3ccccc3)ccc2C(F)(F)F)CC1. The molecule has 1 heterocycles. The van der Waals surface area contributed by atoms with E-state index in [0.29, 0.717) is 25.1 Å². The second-order valence-electron chi connectivity index (χ2n) is 7.87. The third-order valence-corrected chi connectivity index (χ3v) is 8.72. The molecule has 0 radical (unpaired) electrons. The highest BCUT2D eigenvalue weighted by Crippen LogP contribution is 2.36. The number of halogens is 3. The van der Waals surface area contributed by atoms with Crippen molar-refractivity contribution >= 4 is 19.9 Å². The van der Waals surface area contributed by atoms with Crippen LogP contribution in [0.25, 0.3) is 0 Å². The zero-order valence-electron chi connectivity index (χ0n) is 18.0. The number of piperazine rings is 1. The average molecular weight is 506 g/mol. The summed E-state index contributed by atoms with van der Waals surface area (Å²) in [6, 6.07) is 8.95. The van der Waals surface area contributed by atoms with Crippen LogP contribution in [0.15, 0.2) is 63.2 Å². The summed E-state index contributed by atoms with van der Waals surface area (Å²) >= 11 is 0. The van der Waals surface area contributed by atoms with E-state index in [4.69, 9.17) is 0 Å². The number of sulfone groups is 1. The second-order valence-corrected chi connectivity index (χ2v) is 11.6. The van der Waals surface area contributed by atoms with Gasteiger partial charge in [0.25, 0.3) is 0 Å². The maximum absolute atomic E-state index is 13.5. The molecule has 0 aromatic heterocycles. The molecule has 7 nitrogen and oxygen atoms in total. The standard InChI is InChI=1S/C21H26F3N3O4S2/c1-26-12-14-27(15-13-26)11-5-10-25-33(30,31)20-16-18(8-9-19(20)21(22,23)24)32(28,29)17-6-3-2-4-7-17/h2-4,6-9,16,25H,5,10-15H2,1H3. The first-order chi connectivity index (χ1) is 15.4. The summed E-state index contributed by atoms with van der Waals surface area (Å²) in [4.78, 5) is 2.55. The lowest BCUT2D eigenvalue weighted by atomic mass is 10.2. The van der Waals surface area contributed by atoms with Gasteiger partial charge < -0.3 is 9.80 Å². The fraction of sp³-hybridized carbons (Fsp3) is 0.429. The average Bonchev–Trinajstić information content (AvgIpc) is 2.77. The Hall–Kier alpha value is -1.99. The number of sulfonamides is 1. The van der Waals surface area contributed by atoms with Crippen molar-refractivity contribution in [2.75, 3.05) is 46.3 Å². The molecule has 1 aliphatic rings. The van der Waals surface area contributed by atoms with Gasteiger partial charge in [-0.3, -0.25) is 0 Å². The molecule has 2 aromatic carbocycles. The van der Waals surface area contributed by atoms with Crippen molar-refractivity contribution in [2.24, 2.45) is 0 Å². The van der Waals surface area contributed by atoms with Crippen LogP contribution in [0.5, 0.6) is 0 Å². The molecule has 0 unspecified atom stereocenters. The molecule has 3 rings (SSSR count). The van der Waals surface area contributed by atoms with E-state index < -0.39 is 41.4 Å². The van der Waals surface area contributed by atoms with Crippen molar-refractivity contribution in [3.63, 3.8) is 0 Å². The normalized spacial score (nSPS) is 16.7. The molecule has 1 aliphatic heterocycles. The molecule has 33 heavy (non-hydrogen) atoms. The fourth-order valence-corrected chi connectivity index (χ4v) is 6.23. The highest BCUT2D eigenvalue weighted by molar-refractivity contribution is 7.91. The third-order valence-electron chi connectivity index (χ3n) is 5.45. The fourth-order valence-electron chi connectivity index (χ4n) is 3.52. The first-order valence-corrected chi connectivity index (χ1v) is 13.3. The van der Waals surface area contributed by atoms with Crippen molar-refractivity contribution in [1.82, 2.24) is 14.5 Å². The van der Waals surface area contributed by atoms with E-state index in [2.05, 4.69) is 14.5 Å². The quantitative estimate of drug-likeness (QED) is 0.555. The molecule has 0 saturated carbocycles. The van der Waals surface area contributed by atoms with Gasteiger partial charge in [-0.2, -0.15) is 13.2 Å². The van der Waals surface area contributed by atoms with Gasteiger partial charge in [-0.15, -0.1) is 0 Å². The molecule has 182 valence electrons. The van der Waals surface area contributed by atoms with E-state index in [1.165, 1.54) is 24.3 Å². The Kier molecular flexibility index (Phi) is 7.84.